The zero-order valence-corrected chi connectivity index (χ0v) is 12.3. The molecule has 0 atom stereocenters. The molecule has 1 heteroatoms. The molecule has 0 N–H and O–H groups in total. The highest BCUT2D eigenvalue weighted by Crippen LogP contribution is 2.47. The summed E-state index contributed by atoms with van der Waals surface area (Å²) in [5.74, 6) is 1.57. The van der Waals surface area contributed by atoms with Crippen LogP contribution in [0.5, 0.6) is 0 Å². The largest absolute Gasteiger partial charge is 0.0913 e. The second kappa shape index (κ2) is 4.03. The van der Waals surface area contributed by atoms with Gasteiger partial charge in [0.25, 0.3) is 0 Å². The first-order chi connectivity index (χ1) is 8.56. The maximum Gasteiger partial charge on any atom is 0.0913 e. The Hall–Kier alpha value is -1.47. The minimum absolute atomic E-state index is 1.10. The molecule has 0 saturated heterocycles. The Morgan fingerprint density at radius 1 is 0.778 bits per heavy atom. The van der Waals surface area contributed by atoms with E-state index >= 15 is 0 Å². The zero-order valence-electron chi connectivity index (χ0n) is 11.3. The van der Waals surface area contributed by atoms with Crippen LogP contribution in [0.2, 0.25) is 25.7 Å². The zero-order chi connectivity index (χ0) is 12.8. The second-order valence-corrected chi connectivity index (χ2v) is 11.8. The summed E-state index contributed by atoms with van der Waals surface area (Å²) in [5, 5.41) is 0. The van der Waals surface area contributed by atoms with Crippen molar-refractivity contribution in [3.05, 3.63) is 65.6 Å². The Bertz CT molecular complexity index is 533. The number of benzene rings is 2. The van der Waals surface area contributed by atoms with Crippen LogP contribution in [0, 0.1) is 5.92 Å². The summed E-state index contributed by atoms with van der Waals surface area (Å²) in [6.07, 6.45) is 0. The molecular formula is C17H19Si+. The van der Waals surface area contributed by atoms with Crippen LogP contribution in [0.15, 0.2) is 48.5 Å². The van der Waals surface area contributed by atoms with Gasteiger partial charge in [0.05, 0.1) is 30.3 Å². The predicted molar refractivity (Wildman–Crippen MR) is 81.5 cm³/mol. The molecule has 0 heterocycles. The molecular weight excluding hydrogens is 232 g/mol. The highest BCUT2D eigenvalue weighted by Gasteiger charge is 2.38. The normalized spacial score (nSPS) is 13.4. The molecule has 0 aliphatic heterocycles. The van der Waals surface area contributed by atoms with Gasteiger partial charge < -0.3 is 0 Å². The van der Waals surface area contributed by atoms with Gasteiger partial charge in [-0.25, -0.2) is 0 Å². The lowest BCUT2D eigenvalue weighted by Crippen LogP contribution is -2.23. The molecule has 3 rings (SSSR count). The lowest BCUT2D eigenvalue weighted by molar-refractivity contribution is 1.19. The average Bonchev–Trinajstić information content (AvgIpc) is 2.64. The van der Waals surface area contributed by atoms with Crippen molar-refractivity contribution in [2.45, 2.75) is 25.7 Å². The van der Waals surface area contributed by atoms with E-state index in [9.17, 15) is 0 Å². The monoisotopic (exact) mass is 251 g/mol. The molecule has 2 aromatic carbocycles. The van der Waals surface area contributed by atoms with Crippen LogP contribution in [0.4, 0.5) is 0 Å². The third-order valence-electron chi connectivity index (χ3n) is 3.50. The van der Waals surface area contributed by atoms with Crippen LogP contribution in [0.1, 0.15) is 11.1 Å². The molecule has 0 saturated carbocycles. The minimum atomic E-state index is -1.10. The van der Waals surface area contributed by atoms with Gasteiger partial charge in [-0.15, -0.1) is 0 Å². The van der Waals surface area contributed by atoms with Crippen molar-refractivity contribution < 1.29 is 0 Å². The quantitative estimate of drug-likeness (QED) is 0.522. The predicted octanol–water partition coefficient (Wildman–Crippen LogP) is 4.98. The molecule has 1 aliphatic rings. The van der Waals surface area contributed by atoms with E-state index in [1.165, 1.54) is 28.3 Å². The molecule has 0 unspecified atom stereocenters. The summed E-state index contributed by atoms with van der Waals surface area (Å²) in [7, 11) is -1.10. The van der Waals surface area contributed by atoms with E-state index in [1.54, 1.807) is 5.92 Å². The molecule has 0 nitrogen and oxygen atoms in total. The van der Waals surface area contributed by atoms with E-state index in [-0.39, 0.29) is 0 Å². The first kappa shape index (κ1) is 11.6. The fourth-order valence-electron chi connectivity index (χ4n) is 2.83. The maximum absolute atomic E-state index is 2.45. The number of fused-ring (bicyclic) bond motifs is 3. The fraction of sp³-hybridized carbons (Fsp3) is 0.235. The standard InChI is InChI=1S/C17H19Si/c1-18(2,3)12-17-15-10-6-4-8-13(15)14-9-5-7-11-16(14)17/h4-11H,12H2,1-3H3/q+1. The van der Waals surface area contributed by atoms with Crippen molar-refractivity contribution in [1.29, 1.82) is 0 Å². The van der Waals surface area contributed by atoms with Crippen molar-refractivity contribution in [3.8, 4) is 11.1 Å². The molecule has 0 radical (unpaired) electrons. The van der Waals surface area contributed by atoms with Crippen LogP contribution in [0.25, 0.3) is 11.1 Å². The Labute approximate surface area is 111 Å². The van der Waals surface area contributed by atoms with Gasteiger partial charge in [0, 0.05) is 18.1 Å². The first-order valence-corrected chi connectivity index (χ1v) is 10.3. The molecule has 2 aromatic rings. The van der Waals surface area contributed by atoms with E-state index in [0.29, 0.717) is 0 Å². The topological polar surface area (TPSA) is 0 Å². The van der Waals surface area contributed by atoms with Gasteiger partial charge in [-0.3, -0.25) is 0 Å². The van der Waals surface area contributed by atoms with Crippen LogP contribution < -0.4 is 0 Å². The summed E-state index contributed by atoms with van der Waals surface area (Å²) >= 11 is 0. The number of hydrogen-bond donors (Lipinski definition) is 0. The number of hydrogen-bond acceptors (Lipinski definition) is 0. The van der Waals surface area contributed by atoms with Gasteiger partial charge in [-0.2, -0.15) is 0 Å². The van der Waals surface area contributed by atoms with Gasteiger partial charge in [-0.1, -0.05) is 19.6 Å². The second-order valence-electron chi connectivity index (χ2n) is 6.31. The fourth-order valence-corrected chi connectivity index (χ4v) is 4.27. The van der Waals surface area contributed by atoms with Crippen molar-refractivity contribution >= 4 is 8.07 Å². The molecule has 18 heavy (non-hydrogen) atoms. The van der Waals surface area contributed by atoms with Crippen LogP contribution in [0.3, 0.4) is 0 Å². The SMILES string of the molecule is C[Si](C)(C)C[C+]1c2ccccc2-c2ccccc21. The minimum Gasteiger partial charge on any atom is -0.0687 e. The van der Waals surface area contributed by atoms with Gasteiger partial charge in [0.1, 0.15) is 0 Å². The third kappa shape index (κ3) is 1.89. The number of rotatable bonds is 2. The summed E-state index contributed by atoms with van der Waals surface area (Å²) in [4.78, 5) is 0. The van der Waals surface area contributed by atoms with Crippen molar-refractivity contribution in [2.75, 3.05) is 0 Å². The van der Waals surface area contributed by atoms with E-state index in [1.807, 2.05) is 0 Å². The highest BCUT2D eigenvalue weighted by atomic mass is 28.3. The average molecular weight is 251 g/mol. The van der Waals surface area contributed by atoms with Crippen molar-refractivity contribution in [1.82, 2.24) is 0 Å². The van der Waals surface area contributed by atoms with Crippen LogP contribution in [-0.2, 0) is 0 Å². The lowest BCUT2D eigenvalue weighted by atomic mass is 9.99. The molecule has 1 aliphatic carbocycles. The Balaban J connectivity index is 2.15. The Morgan fingerprint density at radius 2 is 1.22 bits per heavy atom. The molecule has 0 bridgehead atoms. The Morgan fingerprint density at radius 3 is 1.67 bits per heavy atom. The van der Waals surface area contributed by atoms with E-state index in [2.05, 4.69) is 68.2 Å². The molecule has 0 fully saturated rings. The highest BCUT2D eigenvalue weighted by molar-refractivity contribution is 6.76. The van der Waals surface area contributed by atoms with E-state index < -0.39 is 8.07 Å². The lowest BCUT2D eigenvalue weighted by Gasteiger charge is -2.18. The van der Waals surface area contributed by atoms with Gasteiger partial charge >= 0.3 is 0 Å². The van der Waals surface area contributed by atoms with Crippen molar-refractivity contribution in [2.24, 2.45) is 0 Å². The molecule has 0 amide bonds. The van der Waals surface area contributed by atoms with Gasteiger partial charge in [0.15, 0.2) is 0 Å². The smallest absolute Gasteiger partial charge is 0.0687 e. The molecule has 0 spiro atoms. The van der Waals surface area contributed by atoms with Gasteiger partial charge in [-0.05, 0) is 42.4 Å². The Kier molecular flexibility index (Phi) is 2.60. The summed E-state index contributed by atoms with van der Waals surface area (Å²) < 4.78 is 0. The van der Waals surface area contributed by atoms with Crippen molar-refractivity contribution in [3.63, 3.8) is 0 Å². The summed E-state index contributed by atoms with van der Waals surface area (Å²) in [6.45, 7) is 7.34. The van der Waals surface area contributed by atoms with Gasteiger partial charge in [0.2, 0.25) is 0 Å². The molecule has 0 aromatic heterocycles. The van der Waals surface area contributed by atoms with E-state index in [4.69, 9.17) is 0 Å². The summed E-state index contributed by atoms with van der Waals surface area (Å²) in [5.41, 5.74) is 5.75. The van der Waals surface area contributed by atoms with Crippen LogP contribution >= 0.6 is 0 Å². The van der Waals surface area contributed by atoms with Crippen LogP contribution in [-0.4, -0.2) is 8.07 Å². The molecule has 90 valence electrons. The summed E-state index contributed by atoms with van der Waals surface area (Å²) in [6, 6.07) is 19.0. The first-order valence-electron chi connectivity index (χ1n) is 6.61. The maximum atomic E-state index is 2.45. The third-order valence-corrected chi connectivity index (χ3v) is 4.92. The van der Waals surface area contributed by atoms with E-state index in [0.717, 1.165) is 0 Å².